The maximum atomic E-state index is 5.62. The Morgan fingerprint density at radius 3 is 2.65 bits per heavy atom. The first-order valence-corrected chi connectivity index (χ1v) is 8.81. The van der Waals surface area contributed by atoms with Gasteiger partial charge in [0, 0.05) is 20.8 Å². The molecule has 1 aromatic heterocycles. The Hall–Kier alpha value is -0.910. The number of hydrogen-bond acceptors (Lipinski definition) is 3. The summed E-state index contributed by atoms with van der Waals surface area (Å²) in [5.41, 5.74) is 2.16. The van der Waals surface area contributed by atoms with Crippen LogP contribution in [-0.2, 0) is 0 Å². The number of aromatic nitrogens is 1. The van der Waals surface area contributed by atoms with Crippen LogP contribution >= 0.6 is 43.4 Å². The number of ether oxygens (including phenoxy) is 1. The average Bonchev–Trinajstić information content (AvgIpc) is 2.89. The van der Waals surface area contributed by atoms with E-state index in [0.717, 1.165) is 31.5 Å². The molecular weight excluding hydrogens is 402 g/mol. The fraction of sp³-hybridized carbons (Fsp3) is 0.133. The third-order valence-electron chi connectivity index (χ3n) is 2.91. The van der Waals surface area contributed by atoms with Crippen LogP contribution in [0.15, 0.2) is 46.9 Å². The van der Waals surface area contributed by atoms with E-state index in [9.17, 15) is 0 Å². The van der Waals surface area contributed by atoms with Crippen molar-refractivity contribution in [2.24, 2.45) is 0 Å². The Morgan fingerprint density at radius 2 is 1.90 bits per heavy atom. The summed E-state index contributed by atoms with van der Waals surface area (Å²) in [4.78, 5) is 0. The summed E-state index contributed by atoms with van der Waals surface area (Å²) in [5.74, 6) is 0.892. The van der Waals surface area contributed by atoms with Crippen LogP contribution in [0.25, 0.3) is 21.3 Å². The number of alkyl halides is 1. The van der Waals surface area contributed by atoms with Gasteiger partial charge in [0.25, 0.3) is 0 Å². The molecule has 0 N–H and O–H groups in total. The molecule has 2 nitrogen and oxygen atoms in total. The molecule has 102 valence electrons. The Bertz CT molecular complexity index is 724. The van der Waals surface area contributed by atoms with Crippen molar-refractivity contribution in [3.05, 3.63) is 46.9 Å². The molecule has 5 heteroatoms. The molecule has 1 heterocycles. The van der Waals surface area contributed by atoms with Crippen molar-refractivity contribution >= 4 is 53.5 Å². The van der Waals surface area contributed by atoms with E-state index in [4.69, 9.17) is 4.74 Å². The third kappa shape index (κ3) is 2.90. The Labute approximate surface area is 138 Å². The number of benzene rings is 2. The summed E-state index contributed by atoms with van der Waals surface area (Å²) >= 11 is 8.32. The summed E-state index contributed by atoms with van der Waals surface area (Å²) in [7, 11) is 0. The second-order valence-corrected chi connectivity index (χ2v) is 6.75. The molecule has 0 aliphatic carbocycles. The van der Waals surface area contributed by atoms with Gasteiger partial charge >= 0.3 is 0 Å². The summed E-state index contributed by atoms with van der Waals surface area (Å²) in [6.07, 6.45) is 0. The number of nitrogens with zero attached hydrogens (tertiary/aromatic N) is 1. The highest BCUT2D eigenvalue weighted by molar-refractivity contribution is 9.10. The minimum Gasteiger partial charge on any atom is -0.493 e. The van der Waals surface area contributed by atoms with Gasteiger partial charge in [-0.25, -0.2) is 0 Å². The molecule has 0 saturated heterocycles. The van der Waals surface area contributed by atoms with Crippen molar-refractivity contribution in [3.63, 3.8) is 0 Å². The highest BCUT2D eigenvalue weighted by Crippen LogP contribution is 2.33. The fourth-order valence-corrected chi connectivity index (χ4v) is 3.23. The van der Waals surface area contributed by atoms with E-state index in [1.165, 1.54) is 16.9 Å². The Morgan fingerprint density at radius 1 is 1.10 bits per heavy atom. The van der Waals surface area contributed by atoms with Crippen LogP contribution in [0.4, 0.5) is 0 Å². The van der Waals surface area contributed by atoms with Gasteiger partial charge in [-0.15, -0.1) is 0 Å². The lowest BCUT2D eigenvalue weighted by Gasteiger charge is -2.04. The minimum atomic E-state index is 0.671. The van der Waals surface area contributed by atoms with Gasteiger partial charge in [0.15, 0.2) is 0 Å². The van der Waals surface area contributed by atoms with Crippen molar-refractivity contribution in [2.75, 3.05) is 11.9 Å². The molecule has 2 aromatic carbocycles. The predicted molar refractivity (Wildman–Crippen MR) is 92.0 cm³/mol. The highest BCUT2D eigenvalue weighted by atomic mass is 79.9. The van der Waals surface area contributed by atoms with Gasteiger partial charge in [-0.3, -0.25) is 0 Å². The molecule has 0 spiro atoms. The normalized spacial score (nSPS) is 10.9. The summed E-state index contributed by atoms with van der Waals surface area (Å²) in [5, 5.41) is 2.00. The van der Waals surface area contributed by atoms with Crippen LogP contribution in [0.3, 0.4) is 0 Å². The number of rotatable bonds is 4. The molecule has 0 radical (unpaired) electrons. The quantitative estimate of drug-likeness (QED) is 0.528. The largest absolute Gasteiger partial charge is 0.493 e. The van der Waals surface area contributed by atoms with E-state index in [1.807, 2.05) is 18.2 Å². The molecule has 0 aliphatic rings. The lowest BCUT2D eigenvalue weighted by Crippen LogP contribution is -1.96. The molecule has 0 atom stereocenters. The summed E-state index contributed by atoms with van der Waals surface area (Å²) in [6, 6.07) is 14.4. The van der Waals surface area contributed by atoms with E-state index < -0.39 is 0 Å². The minimum absolute atomic E-state index is 0.671. The van der Waals surface area contributed by atoms with Crippen LogP contribution in [0.2, 0.25) is 0 Å². The number of halogens is 2. The van der Waals surface area contributed by atoms with Crippen LogP contribution in [0.1, 0.15) is 0 Å². The molecule has 0 saturated carbocycles. The number of fused-ring (bicyclic) bond motifs is 1. The second-order valence-electron chi connectivity index (χ2n) is 4.23. The fourth-order valence-electron chi connectivity index (χ4n) is 1.98. The SMILES string of the molecule is BrCCOc1ccc2c(-c3ccc(Br)cc3)nsc2c1. The third-order valence-corrected chi connectivity index (χ3v) is 4.57. The first-order valence-electron chi connectivity index (χ1n) is 6.12. The first kappa shape index (κ1) is 14.0. The monoisotopic (exact) mass is 411 g/mol. The van der Waals surface area contributed by atoms with Crippen LogP contribution in [-0.4, -0.2) is 16.3 Å². The van der Waals surface area contributed by atoms with Gasteiger partial charge < -0.3 is 4.74 Å². The van der Waals surface area contributed by atoms with E-state index in [0.29, 0.717) is 6.61 Å². The van der Waals surface area contributed by atoms with Gasteiger partial charge in [0.2, 0.25) is 0 Å². The van der Waals surface area contributed by atoms with Gasteiger partial charge in [0.05, 0.1) is 17.0 Å². The lowest BCUT2D eigenvalue weighted by atomic mass is 10.1. The van der Waals surface area contributed by atoms with Crippen molar-refractivity contribution in [2.45, 2.75) is 0 Å². The second kappa shape index (κ2) is 6.24. The topological polar surface area (TPSA) is 22.1 Å². The smallest absolute Gasteiger partial charge is 0.120 e. The molecule has 0 aliphatic heterocycles. The van der Waals surface area contributed by atoms with E-state index >= 15 is 0 Å². The average molecular weight is 413 g/mol. The van der Waals surface area contributed by atoms with Crippen LogP contribution < -0.4 is 4.74 Å². The summed E-state index contributed by atoms with van der Waals surface area (Å²) < 4.78 is 12.4. The van der Waals surface area contributed by atoms with Crippen LogP contribution in [0, 0.1) is 0 Å². The Kier molecular flexibility index (Phi) is 4.38. The maximum absolute atomic E-state index is 5.62. The van der Waals surface area contributed by atoms with E-state index in [-0.39, 0.29) is 0 Å². The van der Waals surface area contributed by atoms with Crippen molar-refractivity contribution in [3.8, 4) is 17.0 Å². The molecule has 3 rings (SSSR count). The van der Waals surface area contributed by atoms with E-state index in [2.05, 4.69) is 60.5 Å². The maximum Gasteiger partial charge on any atom is 0.120 e. The zero-order valence-electron chi connectivity index (χ0n) is 10.5. The van der Waals surface area contributed by atoms with Gasteiger partial charge in [-0.05, 0) is 41.9 Å². The van der Waals surface area contributed by atoms with E-state index in [1.54, 1.807) is 0 Å². The highest BCUT2D eigenvalue weighted by Gasteiger charge is 2.09. The van der Waals surface area contributed by atoms with Crippen molar-refractivity contribution in [1.82, 2.24) is 4.37 Å². The standard InChI is InChI=1S/C15H11Br2NOS/c16-7-8-19-12-5-6-13-14(9-12)20-18-15(13)10-1-3-11(17)4-2-10/h1-6,9H,7-8H2. The zero-order chi connectivity index (χ0) is 13.9. The Balaban J connectivity index is 1.99. The number of hydrogen-bond donors (Lipinski definition) is 0. The summed E-state index contributed by atoms with van der Waals surface area (Å²) in [6.45, 7) is 0.671. The van der Waals surface area contributed by atoms with Gasteiger partial charge in [0.1, 0.15) is 5.75 Å². The predicted octanol–water partition coefficient (Wildman–Crippen LogP) is 5.50. The molecular formula is C15H11Br2NOS. The molecule has 0 bridgehead atoms. The molecule has 0 unspecified atom stereocenters. The van der Waals surface area contributed by atoms with Gasteiger partial charge in [-0.1, -0.05) is 44.0 Å². The lowest BCUT2D eigenvalue weighted by molar-refractivity contribution is 0.345. The molecule has 3 aromatic rings. The molecule has 20 heavy (non-hydrogen) atoms. The zero-order valence-corrected chi connectivity index (χ0v) is 14.5. The van der Waals surface area contributed by atoms with Crippen molar-refractivity contribution < 1.29 is 4.74 Å². The molecule has 0 fully saturated rings. The molecule has 0 amide bonds. The van der Waals surface area contributed by atoms with Gasteiger partial charge in [-0.2, -0.15) is 4.37 Å². The van der Waals surface area contributed by atoms with Crippen LogP contribution in [0.5, 0.6) is 5.75 Å². The van der Waals surface area contributed by atoms with Crippen molar-refractivity contribution in [1.29, 1.82) is 0 Å². The first-order chi connectivity index (χ1) is 9.78.